The highest BCUT2D eigenvalue weighted by Crippen LogP contribution is 2.41. The number of nitrogens with zero attached hydrogens (tertiary/aromatic N) is 1. The van der Waals surface area contributed by atoms with E-state index in [9.17, 15) is 4.79 Å². The summed E-state index contributed by atoms with van der Waals surface area (Å²) in [5.74, 6) is -0.940. The lowest BCUT2D eigenvalue weighted by atomic mass is 9.85. The van der Waals surface area contributed by atoms with Gasteiger partial charge < -0.3 is 10.6 Å². The minimum Gasteiger partial charge on any atom is -0.361 e. The topological polar surface area (TPSA) is 53.5 Å². The highest BCUT2D eigenvalue weighted by Gasteiger charge is 2.25. The summed E-state index contributed by atoms with van der Waals surface area (Å²) in [5.41, 5.74) is 5.10. The van der Waals surface area contributed by atoms with Gasteiger partial charge in [-0.25, -0.2) is 4.39 Å². The Morgan fingerprint density at radius 3 is 2.61 bits per heavy atom. The lowest BCUT2D eigenvalue weighted by molar-refractivity contribution is 0.0960. The van der Waals surface area contributed by atoms with Crippen molar-refractivity contribution in [3.63, 3.8) is 0 Å². The van der Waals surface area contributed by atoms with E-state index < -0.39 is 11.7 Å². The standard InChI is InChI=1S/C26H34FN3O/c1-7-11-12-18-13-14-19(15-22(18)29-9-3)20-16-21(27)24(26(31)28-6)25(30-10-4)23(20)17(5)8-2/h9-10,13-17,30H,4,7-8,11-12H2,1-3,5-6H3,(H,28,31)/t17-/m1/s1. The number of unbranched alkanes of at least 4 members (excludes halogenated alkanes) is 1. The molecule has 0 saturated heterocycles. The van der Waals surface area contributed by atoms with Crippen molar-refractivity contribution in [3.05, 3.63) is 59.6 Å². The van der Waals surface area contributed by atoms with Crippen LogP contribution in [0.1, 0.15) is 74.4 Å². The minimum absolute atomic E-state index is 0.00724. The van der Waals surface area contributed by atoms with Crippen LogP contribution in [0.15, 0.2) is 42.0 Å². The summed E-state index contributed by atoms with van der Waals surface area (Å²) in [6, 6.07) is 7.60. The summed E-state index contributed by atoms with van der Waals surface area (Å²) in [4.78, 5) is 17.0. The summed E-state index contributed by atoms with van der Waals surface area (Å²) in [7, 11) is 1.50. The van der Waals surface area contributed by atoms with Crippen molar-refractivity contribution in [2.45, 2.75) is 59.3 Å². The van der Waals surface area contributed by atoms with Crippen LogP contribution in [0, 0.1) is 5.82 Å². The van der Waals surface area contributed by atoms with E-state index in [1.54, 1.807) is 6.21 Å². The Labute approximate surface area is 185 Å². The van der Waals surface area contributed by atoms with Gasteiger partial charge >= 0.3 is 0 Å². The van der Waals surface area contributed by atoms with Crippen LogP contribution < -0.4 is 10.6 Å². The van der Waals surface area contributed by atoms with Crippen molar-refractivity contribution in [2.75, 3.05) is 12.4 Å². The van der Waals surface area contributed by atoms with E-state index in [4.69, 9.17) is 0 Å². The molecule has 0 saturated carbocycles. The third-order valence-electron chi connectivity index (χ3n) is 5.59. The Morgan fingerprint density at radius 1 is 1.29 bits per heavy atom. The molecule has 2 N–H and O–H groups in total. The molecule has 0 spiro atoms. The first-order valence-corrected chi connectivity index (χ1v) is 11.0. The molecule has 0 unspecified atom stereocenters. The first kappa shape index (κ1) is 24.3. The van der Waals surface area contributed by atoms with Gasteiger partial charge in [0.05, 0.1) is 16.9 Å². The number of nitrogens with one attached hydrogen (secondary N) is 2. The number of hydrogen-bond acceptors (Lipinski definition) is 3. The zero-order chi connectivity index (χ0) is 23.0. The van der Waals surface area contributed by atoms with E-state index in [1.165, 1.54) is 24.9 Å². The molecule has 0 aromatic heterocycles. The summed E-state index contributed by atoms with van der Waals surface area (Å²) in [6.45, 7) is 12.0. The monoisotopic (exact) mass is 423 g/mol. The first-order valence-electron chi connectivity index (χ1n) is 11.0. The zero-order valence-electron chi connectivity index (χ0n) is 19.3. The van der Waals surface area contributed by atoms with E-state index in [2.05, 4.69) is 49.0 Å². The number of aryl methyl sites for hydroxylation is 1. The third kappa shape index (κ3) is 5.40. The molecule has 4 nitrogen and oxygen atoms in total. The second kappa shape index (κ2) is 11.4. The zero-order valence-corrected chi connectivity index (χ0v) is 19.3. The largest absolute Gasteiger partial charge is 0.361 e. The van der Waals surface area contributed by atoms with Crippen molar-refractivity contribution in [2.24, 2.45) is 4.99 Å². The SMILES string of the molecule is C=CNc1c(C(=O)NC)c(F)cc(-c2ccc(CCCC)c(N=CC)c2)c1[C@H](C)CC. The maximum absolute atomic E-state index is 15.2. The highest BCUT2D eigenvalue weighted by atomic mass is 19.1. The van der Waals surface area contributed by atoms with E-state index >= 15 is 4.39 Å². The number of hydrogen-bond donors (Lipinski definition) is 2. The second-order valence-electron chi connectivity index (χ2n) is 7.64. The fraction of sp³-hybridized carbons (Fsp3) is 0.385. The molecule has 0 heterocycles. The Morgan fingerprint density at radius 2 is 2.03 bits per heavy atom. The molecule has 31 heavy (non-hydrogen) atoms. The number of amides is 1. The van der Waals surface area contributed by atoms with Gasteiger partial charge in [0.15, 0.2) is 0 Å². The number of benzene rings is 2. The van der Waals surface area contributed by atoms with Crippen LogP contribution in [0.5, 0.6) is 0 Å². The summed E-state index contributed by atoms with van der Waals surface area (Å²) in [6.07, 6.45) is 7.26. The summed E-state index contributed by atoms with van der Waals surface area (Å²) < 4.78 is 15.2. The number of carbonyl (C=O) groups excluding carboxylic acids is 1. The minimum atomic E-state index is -0.568. The summed E-state index contributed by atoms with van der Waals surface area (Å²) in [5, 5.41) is 5.58. The van der Waals surface area contributed by atoms with Gasteiger partial charge in [-0.15, -0.1) is 0 Å². The van der Waals surface area contributed by atoms with E-state index in [1.807, 2.05) is 19.1 Å². The first-order chi connectivity index (χ1) is 14.9. The fourth-order valence-corrected chi connectivity index (χ4v) is 3.79. The predicted molar refractivity (Wildman–Crippen MR) is 130 cm³/mol. The lowest BCUT2D eigenvalue weighted by Gasteiger charge is -2.23. The van der Waals surface area contributed by atoms with Crippen LogP contribution in [0.2, 0.25) is 0 Å². The van der Waals surface area contributed by atoms with Crippen LogP contribution >= 0.6 is 0 Å². The van der Waals surface area contributed by atoms with Crippen LogP contribution in [0.4, 0.5) is 15.8 Å². The van der Waals surface area contributed by atoms with Crippen LogP contribution in [0.3, 0.4) is 0 Å². The van der Waals surface area contributed by atoms with Crippen molar-refractivity contribution < 1.29 is 9.18 Å². The Bertz CT molecular complexity index is 966. The van der Waals surface area contributed by atoms with Gasteiger partial charge in [0.1, 0.15) is 5.82 Å². The smallest absolute Gasteiger partial charge is 0.256 e. The third-order valence-corrected chi connectivity index (χ3v) is 5.59. The molecule has 0 bridgehead atoms. The lowest BCUT2D eigenvalue weighted by Crippen LogP contribution is -2.22. The average Bonchev–Trinajstić information content (AvgIpc) is 2.77. The second-order valence-corrected chi connectivity index (χ2v) is 7.64. The van der Waals surface area contributed by atoms with Gasteiger partial charge in [0.25, 0.3) is 5.91 Å². The number of aliphatic imine (C=N–C) groups is 1. The number of anilines is 1. The number of halogens is 1. The molecular weight excluding hydrogens is 389 g/mol. The Kier molecular flexibility index (Phi) is 8.98. The molecule has 2 aromatic carbocycles. The van der Waals surface area contributed by atoms with Crippen molar-refractivity contribution >= 4 is 23.5 Å². The molecule has 0 aliphatic heterocycles. The molecule has 0 radical (unpaired) electrons. The van der Waals surface area contributed by atoms with Gasteiger partial charge in [0.2, 0.25) is 0 Å². The van der Waals surface area contributed by atoms with E-state index in [-0.39, 0.29) is 11.5 Å². The normalized spacial score (nSPS) is 12.1. The molecule has 2 rings (SSSR count). The molecule has 166 valence electrons. The van der Waals surface area contributed by atoms with Crippen molar-refractivity contribution in [1.82, 2.24) is 5.32 Å². The number of rotatable bonds is 10. The summed E-state index contributed by atoms with van der Waals surface area (Å²) >= 11 is 0. The van der Waals surface area contributed by atoms with Gasteiger partial charge in [-0.3, -0.25) is 9.79 Å². The van der Waals surface area contributed by atoms with Crippen LogP contribution in [0.25, 0.3) is 11.1 Å². The molecule has 1 amide bonds. The van der Waals surface area contributed by atoms with Gasteiger partial charge in [-0.2, -0.15) is 0 Å². The predicted octanol–water partition coefficient (Wildman–Crippen LogP) is 6.99. The molecule has 1 atom stereocenters. The Balaban J connectivity index is 2.82. The molecule has 0 aliphatic rings. The molecular formula is C26H34FN3O. The average molecular weight is 424 g/mol. The van der Waals surface area contributed by atoms with Gasteiger partial charge in [0, 0.05) is 13.3 Å². The van der Waals surface area contributed by atoms with E-state index in [0.717, 1.165) is 48.1 Å². The van der Waals surface area contributed by atoms with Gasteiger partial charge in [-0.1, -0.05) is 45.9 Å². The van der Waals surface area contributed by atoms with Crippen molar-refractivity contribution in [3.8, 4) is 11.1 Å². The van der Waals surface area contributed by atoms with E-state index in [0.29, 0.717) is 5.69 Å². The van der Waals surface area contributed by atoms with Crippen LogP contribution in [-0.2, 0) is 6.42 Å². The molecule has 2 aromatic rings. The maximum atomic E-state index is 15.2. The quantitative estimate of drug-likeness (QED) is 0.405. The molecule has 0 fully saturated rings. The van der Waals surface area contributed by atoms with Gasteiger partial charge in [-0.05, 0) is 72.7 Å². The highest BCUT2D eigenvalue weighted by molar-refractivity contribution is 6.02. The maximum Gasteiger partial charge on any atom is 0.256 e. The number of carbonyl (C=O) groups is 1. The van der Waals surface area contributed by atoms with Crippen molar-refractivity contribution in [1.29, 1.82) is 0 Å². The molecule has 0 aliphatic carbocycles. The Hall–Kier alpha value is -2.95. The molecule has 5 heteroatoms. The fourth-order valence-electron chi connectivity index (χ4n) is 3.79. The van der Waals surface area contributed by atoms with Crippen LogP contribution in [-0.4, -0.2) is 19.2 Å².